The van der Waals surface area contributed by atoms with Crippen LogP contribution in [-0.2, 0) is 19.1 Å². The number of likely N-dealkylation sites (tertiary alicyclic amines) is 1. The summed E-state index contributed by atoms with van der Waals surface area (Å²) >= 11 is 0. The Labute approximate surface area is 169 Å². The van der Waals surface area contributed by atoms with Crippen molar-refractivity contribution in [2.24, 2.45) is 11.8 Å². The van der Waals surface area contributed by atoms with Gasteiger partial charge in [-0.3, -0.25) is 14.5 Å². The monoisotopic (exact) mass is 389 g/mol. The molecule has 5 nitrogen and oxygen atoms in total. The van der Waals surface area contributed by atoms with Gasteiger partial charge in [0.1, 0.15) is 6.04 Å². The van der Waals surface area contributed by atoms with E-state index >= 15 is 0 Å². The summed E-state index contributed by atoms with van der Waals surface area (Å²) in [5.41, 5.74) is 3.96. The van der Waals surface area contributed by atoms with E-state index in [0.29, 0.717) is 0 Å². The summed E-state index contributed by atoms with van der Waals surface area (Å²) in [6, 6.07) is 14.8. The number of nitrogens with zero attached hydrogens (tertiary/aromatic N) is 1. The summed E-state index contributed by atoms with van der Waals surface area (Å²) in [5, 5.41) is 0. The molecule has 1 heterocycles. The molecule has 1 saturated carbocycles. The number of ether oxygens (including phenoxy) is 1. The van der Waals surface area contributed by atoms with Crippen LogP contribution in [0.15, 0.2) is 48.5 Å². The molecule has 0 N–H and O–H groups in total. The van der Waals surface area contributed by atoms with Crippen LogP contribution >= 0.6 is 0 Å². The van der Waals surface area contributed by atoms with Gasteiger partial charge in [0.05, 0.1) is 11.8 Å². The van der Waals surface area contributed by atoms with Gasteiger partial charge in [0.2, 0.25) is 11.8 Å². The van der Waals surface area contributed by atoms with Crippen LogP contribution in [0.2, 0.25) is 0 Å². The fourth-order valence-corrected chi connectivity index (χ4v) is 5.13. The first-order chi connectivity index (χ1) is 14.1. The zero-order valence-corrected chi connectivity index (χ0v) is 16.3. The fourth-order valence-electron chi connectivity index (χ4n) is 5.13. The standard InChI is InChI=1S/C24H23NO4/c1-14(25-22(26)19-12-6-7-13-20(19)23(25)27)24(28)29-21-17-10-4-2-8-15(17)16-9-3-5-11-18(16)21/h2-5,8-11,14,19-21H,6-7,12-13H2,1H3/t14-,19-,20-/m1/s1. The zero-order valence-electron chi connectivity index (χ0n) is 16.3. The molecule has 2 fully saturated rings. The molecule has 3 atom stereocenters. The lowest BCUT2D eigenvalue weighted by atomic mass is 9.81. The van der Waals surface area contributed by atoms with Crippen molar-refractivity contribution in [3.63, 3.8) is 0 Å². The van der Waals surface area contributed by atoms with Crippen LogP contribution < -0.4 is 0 Å². The summed E-state index contributed by atoms with van der Waals surface area (Å²) < 4.78 is 5.90. The van der Waals surface area contributed by atoms with Crippen molar-refractivity contribution in [3.05, 3.63) is 59.7 Å². The first-order valence-corrected chi connectivity index (χ1v) is 10.3. The molecule has 1 aliphatic heterocycles. The number of esters is 1. The van der Waals surface area contributed by atoms with Gasteiger partial charge in [-0.2, -0.15) is 0 Å². The molecule has 5 heteroatoms. The highest BCUT2D eigenvalue weighted by Crippen LogP contribution is 2.45. The van der Waals surface area contributed by atoms with Crippen LogP contribution in [0.25, 0.3) is 11.1 Å². The van der Waals surface area contributed by atoms with Gasteiger partial charge in [0.25, 0.3) is 0 Å². The topological polar surface area (TPSA) is 63.7 Å². The molecule has 2 amide bonds. The minimum Gasteiger partial charge on any atom is -0.451 e. The van der Waals surface area contributed by atoms with Gasteiger partial charge in [0.15, 0.2) is 6.10 Å². The van der Waals surface area contributed by atoms with E-state index in [0.717, 1.165) is 52.8 Å². The average molecular weight is 389 g/mol. The van der Waals surface area contributed by atoms with E-state index in [1.165, 1.54) is 0 Å². The molecule has 0 spiro atoms. The van der Waals surface area contributed by atoms with Crippen molar-refractivity contribution in [2.75, 3.05) is 0 Å². The Bertz CT molecular complexity index is 944. The summed E-state index contributed by atoms with van der Waals surface area (Å²) in [6.07, 6.45) is 2.87. The third-order valence-corrected chi connectivity index (χ3v) is 6.61. The second-order valence-electron chi connectivity index (χ2n) is 8.21. The highest BCUT2D eigenvalue weighted by atomic mass is 16.5. The maximum absolute atomic E-state index is 13.0. The van der Waals surface area contributed by atoms with Crippen LogP contribution in [0.3, 0.4) is 0 Å². The summed E-state index contributed by atoms with van der Waals surface area (Å²) in [5.74, 6) is -1.49. The Morgan fingerprint density at radius 3 is 1.90 bits per heavy atom. The minimum absolute atomic E-state index is 0.212. The van der Waals surface area contributed by atoms with E-state index in [2.05, 4.69) is 0 Å². The second-order valence-corrected chi connectivity index (χ2v) is 8.21. The van der Waals surface area contributed by atoms with E-state index < -0.39 is 18.1 Å². The molecule has 0 unspecified atom stereocenters. The Kier molecular flexibility index (Phi) is 4.26. The number of hydrogen-bond acceptors (Lipinski definition) is 4. The zero-order chi connectivity index (χ0) is 20.1. The van der Waals surface area contributed by atoms with E-state index in [-0.39, 0.29) is 23.7 Å². The lowest BCUT2D eigenvalue weighted by molar-refractivity contribution is -0.160. The number of carbonyl (C=O) groups is 3. The largest absolute Gasteiger partial charge is 0.451 e. The highest BCUT2D eigenvalue weighted by Gasteiger charge is 2.51. The van der Waals surface area contributed by atoms with Crippen LogP contribution in [0.1, 0.15) is 49.8 Å². The van der Waals surface area contributed by atoms with E-state index in [4.69, 9.17) is 4.74 Å². The Balaban J connectivity index is 1.41. The predicted octanol–water partition coefficient (Wildman–Crippen LogP) is 3.86. The van der Waals surface area contributed by atoms with Crippen molar-refractivity contribution < 1.29 is 19.1 Å². The molecule has 148 valence electrons. The van der Waals surface area contributed by atoms with Crippen molar-refractivity contribution in [2.45, 2.75) is 44.8 Å². The van der Waals surface area contributed by atoms with Crippen LogP contribution in [0, 0.1) is 11.8 Å². The second kappa shape index (κ2) is 6.83. The molecule has 5 rings (SSSR count). The van der Waals surface area contributed by atoms with Gasteiger partial charge in [0, 0.05) is 11.1 Å². The highest BCUT2D eigenvalue weighted by molar-refractivity contribution is 6.07. The number of imide groups is 1. The molecule has 1 saturated heterocycles. The molecule has 2 aromatic rings. The first-order valence-electron chi connectivity index (χ1n) is 10.3. The molecule has 0 radical (unpaired) electrons. The van der Waals surface area contributed by atoms with Crippen molar-refractivity contribution in [1.82, 2.24) is 4.90 Å². The van der Waals surface area contributed by atoms with Crippen molar-refractivity contribution >= 4 is 17.8 Å². The lowest BCUT2D eigenvalue weighted by Gasteiger charge is -2.24. The van der Waals surface area contributed by atoms with Crippen molar-refractivity contribution in [3.8, 4) is 11.1 Å². The lowest BCUT2D eigenvalue weighted by Crippen LogP contribution is -2.44. The quantitative estimate of drug-likeness (QED) is 0.591. The SMILES string of the molecule is C[C@H](C(=O)OC1c2ccccc2-c2ccccc21)N1C(=O)[C@@H]2CCCC[C@H]2C1=O. The molecule has 0 aromatic heterocycles. The minimum atomic E-state index is -0.916. The number of carbonyl (C=O) groups excluding carboxylic acids is 3. The van der Waals surface area contributed by atoms with E-state index in [9.17, 15) is 14.4 Å². The summed E-state index contributed by atoms with van der Waals surface area (Å²) in [6.45, 7) is 1.60. The van der Waals surface area contributed by atoms with E-state index in [1.54, 1.807) is 6.92 Å². The molecule has 2 aliphatic carbocycles. The molecular weight excluding hydrogens is 366 g/mol. The smallest absolute Gasteiger partial charge is 0.330 e. The van der Waals surface area contributed by atoms with Gasteiger partial charge in [-0.1, -0.05) is 61.4 Å². The first kappa shape index (κ1) is 18.1. The molecule has 0 bridgehead atoms. The molecular formula is C24H23NO4. The molecule has 2 aromatic carbocycles. The Morgan fingerprint density at radius 1 is 0.897 bits per heavy atom. The van der Waals surface area contributed by atoms with Crippen LogP contribution in [-0.4, -0.2) is 28.7 Å². The third-order valence-electron chi connectivity index (χ3n) is 6.61. The number of rotatable bonds is 3. The summed E-state index contributed by atoms with van der Waals surface area (Å²) in [4.78, 5) is 39.9. The number of amides is 2. The fraction of sp³-hybridized carbons (Fsp3) is 0.375. The predicted molar refractivity (Wildman–Crippen MR) is 107 cm³/mol. The number of hydrogen-bond donors (Lipinski definition) is 0. The van der Waals surface area contributed by atoms with Crippen molar-refractivity contribution in [1.29, 1.82) is 0 Å². The normalized spacial score (nSPS) is 24.1. The number of fused-ring (bicyclic) bond motifs is 4. The van der Waals surface area contributed by atoms with Gasteiger partial charge < -0.3 is 4.74 Å². The Morgan fingerprint density at radius 2 is 1.38 bits per heavy atom. The van der Waals surface area contributed by atoms with Gasteiger partial charge in [-0.25, -0.2) is 4.79 Å². The van der Waals surface area contributed by atoms with Gasteiger partial charge in [-0.05, 0) is 30.9 Å². The third kappa shape index (κ3) is 2.71. The van der Waals surface area contributed by atoms with Crippen LogP contribution in [0.4, 0.5) is 0 Å². The van der Waals surface area contributed by atoms with Crippen LogP contribution in [0.5, 0.6) is 0 Å². The van der Waals surface area contributed by atoms with E-state index in [1.807, 2.05) is 48.5 Å². The maximum Gasteiger partial charge on any atom is 0.330 e. The summed E-state index contributed by atoms with van der Waals surface area (Å²) in [7, 11) is 0. The van der Waals surface area contributed by atoms with Gasteiger partial charge >= 0.3 is 5.97 Å². The molecule has 29 heavy (non-hydrogen) atoms. The van der Waals surface area contributed by atoms with Gasteiger partial charge in [-0.15, -0.1) is 0 Å². The molecule has 3 aliphatic rings. The maximum atomic E-state index is 13.0. The number of benzene rings is 2. The average Bonchev–Trinajstić information content (AvgIpc) is 3.20. The Hall–Kier alpha value is -2.95.